The van der Waals surface area contributed by atoms with E-state index in [0.717, 1.165) is 0 Å². The Morgan fingerprint density at radius 1 is 1.32 bits per heavy atom. The fourth-order valence-electron chi connectivity index (χ4n) is 1.57. The number of halogens is 3. The molecular formula is C12H9F3N2O2. The minimum Gasteiger partial charge on any atom is -0.464 e. The Kier molecular flexibility index (Phi) is 3.55. The SMILES string of the molecule is COC(=O)c1cnc(Cc2c(F)cc(F)cc2F)[nH]1. The number of hydrogen-bond acceptors (Lipinski definition) is 3. The summed E-state index contributed by atoms with van der Waals surface area (Å²) in [6.07, 6.45) is 0.968. The molecule has 1 aromatic carbocycles. The molecule has 0 unspecified atom stereocenters. The third-order valence-corrected chi connectivity index (χ3v) is 2.48. The Labute approximate surface area is 106 Å². The highest BCUT2D eigenvalue weighted by atomic mass is 19.1. The highest BCUT2D eigenvalue weighted by Gasteiger charge is 2.15. The predicted octanol–water partition coefficient (Wildman–Crippen LogP) is 2.20. The Hall–Kier alpha value is -2.31. The summed E-state index contributed by atoms with van der Waals surface area (Å²) in [6.45, 7) is 0. The minimum atomic E-state index is -1.01. The van der Waals surface area contributed by atoms with Gasteiger partial charge in [0, 0.05) is 24.1 Å². The van der Waals surface area contributed by atoms with Crippen molar-refractivity contribution in [3.05, 3.63) is 52.9 Å². The zero-order valence-electron chi connectivity index (χ0n) is 9.84. The monoisotopic (exact) mass is 270 g/mol. The Balaban J connectivity index is 2.27. The molecule has 0 bridgehead atoms. The third kappa shape index (κ3) is 2.75. The van der Waals surface area contributed by atoms with Crippen LogP contribution in [0.2, 0.25) is 0 Å². The number of esters is 1. The summed E-state index contributed by atoms with van der Waals surface area (Å²) in [5.41, 5.74) is -0.257. The van der Waals surface area contributed by atoms with Crippen molar-refractivity contribution in [2.45, 2.75) is 6.42 Å². The molecule has 100 valence electrons. The summed E-state index contributed by atoms with van der Waals surface area (Å²) in [4.78, 5) is 17.5. The van der Waals surface area contributed by atoms with E-state index in [1.54, 1.807) is 0 Å². The normalized spacial score (nSPS) is 10.5. The lowest BCUT2D eigenvalue weighted by molar-refractivity contribution is 0.0594. The number of carbonyl (C=O) groups excluding carboxylic acids is 1. The van der Waals surface area contributed by atoms with E-state index < -0.39 is 23.4 Å². The molecule has 0 fully saturated rings. The molecule has 0 saturated heterocycles. The number of nitrogens with zero attached hydrogens (tertiary/aromatic N) is 1. The molecule has 0 aliphatic rings. The number of carbonyl (C=O) groups is 1. The molecule has 0 radical (unpaired) electrons. The number of nitrogens with one attached hydrogen (secondary N) is 1. The number of rotatable bonds is 3. The molecule has 1 aromatic heterocycles. The lowest BCUT2D eigenvalue weighted by atomic mass is 10.1. The first-order chi connectivity index (χ1) is 9.01. The van der Waals surface area contributed by atoms with Crippen LogP contribution in [0.5, 0.6) is 0 Å². The minimum absolute atomic E-state index is 0.0698. The van der Waals surface area contributed by atoms with Crippen molar-refractivity contribution in [3.63, 3.8) is 0 Å². The van der Waals surface area contributed by atoms with Gasteiger partial charge in [-0.05, 0) is 0 Å². The van der Waals surface area contributed by atoms with Crippen molar-refractivity contribution in [2.24, 2.45) is 0 Å². The van der Waals surface area contributed by atoms with Crippen molar-refractivity contribution in [1.29, 1.82) is 0 Å². The van der Waals surface area contributed by atoms with Gasteiger partial charge in [0.25, 0.3) is 0 Å². The summed E-state index contributed by atoms with van der Waals surface area (Å²) in [5, 5.41) is 0. The largest absolute Gasteiger partial charge is 0.464 e. The van der Waals surface area contributed by atoms with Crippen LogP contribution in [0, 0.1) is 17.5 Å². The number of ether oxygens (including phenoxy) is 1. The van der Waals surface area contributed by atoms with Crippen molar-refractivity contribution >= 4 is 5.97 Å². The van der Waals surface area contributed by atoms with Gasteiger partial charge >= 0.3 is 5.97 Å². The van der Waals surface area contributed by atoms with Gasteiger partial charge in [0.2, 0.25) is 0 Å². The maximum atomic E-state index is 13.4. The second-order valence-electron chi connectivity index (χ2n) is 3.76. The molecule has 0 spiro atoms. The molecule has 2 rings (SSSR count). The third-order valence-electron chi connectivity index (χ3n) is 2.48. The van der Waals surface area contributed by atoms with Crippen molar-refractivity contribution in [1.82, 2.24) is 9.97 Å². The zero-order chi connectivity index (χ0) is 14.0. The van der Waals surface area contributed by atoms with Crippen LogP contribution in [0.1, 0.15) is 21.9 Å². The van der Waals surface area contributed by atoms with E-state index in [0.29, 0.717) is 12.1 Å². The van der Waals surface area contributed by atoms with Crippen LogP contribution >= 0.6 is 0 Å². The number of H-pyrrole nitrogens is 1. The van der Waals surface area contributed by atoms with Gasteiger partial charge in [-0.1, -0.05) is 0 Å². The van der Waals surface area contributed by atoms with Crippen LogP contribution < -0.4 is 0 Å². The lowest BCUT2D eigenvalue weighted by Crippen LogP contribution is -2.03. The lowest BCUT2D eigenvalue weighted by Gasteiger charge is -2.03. The summed E-state index contributed by atoms with van der Waals surface area (Å²) < 4.78 is 44.0. The maximum Gasteiger partial charge on any atom is 0.356 e. The van der Waals surface area contributed by atoms with Crippen LogP contribution in [-0.4, -0.2) is 23.0 Å². The molecule has 0 saturated carbocycles. The topological polar surface area (TPSA) is 55.0 Å². The number of hydrogen-bond donors (Lipinski definition) is 1. The van der Waals surface area contributed by atoms with Gasteiger partial charge in [-0.3, -0.25) is 0 Å². The first-order valence-electron chi connectivity index (χ1n) is 5.27. The van der Waals surface area contributed by atoms with Gasteiger partial charge in [-0.25, -0.2) is 22.9 Å². The van der Waals surface area contributed by atoms with Crippen LogP contribution in [0.3, 0.4) is 0 Å². The number of imidazole rings is 1. The van der Waals surface area contributed by atoms with Crippen LogP contribution in [0.25, 0.3) is 0 Å². The van der Waals surface area contributed by atoms with Crippen molar-refractivity contribution in [3.8, 4) is 0 Å². The van der Waals surface area contributed by atoms with E-state index in [1.165, 1.54) is 13.3 Å². The first-order valence-corrected chi connectivity index (χ1v) is 5.27. The van der Waals surface area contributed by atoms with Crippen molar-refractivity contribution in [2.75, 3.05) is 7.11 Å². The molecule has 0 aliphatic carbocycles. The van der Waals surface area contributed by atoms with Crippen LogP contribution in [0.15, 0.2) is 18.3 Å². The quantitative estimate of drug-likeness (QED) is 0.870. The zero-order valence-corrected chi connectivity index (χ0v) is 9.84. The summed E-state index contributed by atoms with van der Waals surface area (Å²) >= 11 is 0. The molecule has 0 amide bonds. The second-order valence-corrected chi connectivity index (χ2v) is 3.76. The fourth-order valence-corrected chi connectivity index (χ4v) is 1.57. The van der Waals surface area contributed by atoms with Gasteiger partial charge in [-0.15, -0.1) is 0 Å². The van der Waals surface area contributed by atoms with Crippen LogP contribution in [-0.2, 0) is 11.2 Å². The summed E-state index contributed by atoms with van der Waals surface area (Å²) in [7, 11) is 1.20. The van der Waals surface area contributed by atoms with E-state index in [-0.39, 0.29) is 23.5 Å². The van der Waals surface area contributed by atoms with Crippen molar-refractivity contribution < 1.29 is 22.7 Å². The van der Waals surface area contributed by atoms with Gasteiger partial charge in [-0.2, -0.15) is 0 Å². The average molecular weight is 270 g/mol. The number of benzene rings is 1. The predicted molar refractivity (Wildman–Crippen MR) is 59.0 cm³/mol. The molecule has 4 nitrogen and oxygen atoms in total. The second kappa shape index (κ2) is 5.13. The van der Waals surface area contributed by atoms with Crippen LogP contribution in [0.4, 0.5) is 13.2 Å². The summed E-state index contributed by atoms with van der Waals surface area (Å²) in [6, 6.07) is 1.17. The smallest absolute Gasteiger partial charge is 0.356 e. The van der Waals surface area contributed by atoms with E-state index in [2.05, 4.69) is 14.7 Å². The Morgan fingerprint density at radius 2 is 1.95 bits per heavy atom. The maximum absolute atomic E-state index is 13.4. The molecule has 2 aromatic rings. The van der Waals surface area contributed by atoms with E-state index in [1.807, 2.05) is 0 Å². The van der Waals surface area contributed by atoms with E-state index in [9.17, 15) is 18.0 Å². The van der Waals surface area contributed by atoms with Gasteiger partial charge in [0.05, 0.1) is 13.3 Å². The molecule has 19 heavy (non-hydrogen) atoms. The molecule has 7 heteroatoms. The van der Waals surface area contributed by atoms with E-state index >= 15 is 0 Å². The van der Waals surface area contributed by atoms with Gasteiger partial charge in [0.1, 0.15) is 29.0 Å². The number of aromatic nitrogens is 2. The fraction of sp³-hybridized carbons (Fsp3) is 0.167. The Bertz CT molecular complexity index is 602. The molecular weight excluding hydrogens is 261 g/mol. The number of methoxy groups -OCH3 is 1. The summed E-state index contributed by atoms with van der Waals surface area (Å²) in [5.74, 6) is -3.47. The molecule has 1 N–H and O–H groups in total. The first kappa shape index (κ1) is 13.1. The Morgan fingerprint density at radius 3 is 2.53 bits per heavy atom. The van der Waals surface area contributed by atoms with Gasteiger partial charge in [0.15, 0.2) is 0 Å². The van der Waals surface area contributed by atoms with Gasteiger partial charge < -0.3 is 9.72 Å². The standard InChI is InChI=1S/C12H9F3N2O2/c1-19-12(18)10-5-16-11(17-10)4-7-8(14)2-6(13)3-9(7)15/h2-3,5H,4H2,1H3,(H,16,17). The highest BCUT2D eigenvalue weighted by molar-refractivity contribution is 5.86. The highest BCUT2D eigenvalue weighted by Crippen LogP contribution is 2.17. The van der Waals surface area contributed by atoms with E-state index in [4.69, 9.17) is 0 Å². The molecule has 1 heterocycles. The number of aromatic amines is 1. The molecule has 0 atom stereocenters. The average Bonchev–Trinajstić information content (AvgIpc) is 2.81. The molecule has 0 aliphatic heterocycles.